The number of sulfonamides is 1. The first-order chi connectivity index (χ1) is 10.4. The van der Waals surface area contributed by atoms with E-state index >= 15 is 0 Å². The molecule has 0 saturated carbocycles. The molecule has 0 fully saturated rings. The number of nitrogens with one attached hydrogen (secondary N) is 1. The zero-order valence-electron chi connectivity index (χ0n) is 11.4. The third-order valence-corrected chi connectivity index (χ3v) is 4.24. The molecule has 2 rings (SSSR count). The monoisotopic (exact) mass is 324 g/mol. The van der Waals surface area contributed by atoms with Crippen LogP contribution in [-0.2, 0) is 22.3 Å². The Morgan fingerprint density at radius 2 is 1.73 bits per heavy atom. The number of nitro benzene ring substituents is 1. The van der Waals surface area contributed by atoms with E-state index in [1.54, 1.807) is 6.07 Å². The van der Waals surface area contributed by atoms with Gasteiger partial charge in [-0.15, -0.1) is 0 Å². The molecule has 0 heterocycles. The molecule has 8 heteroatoms. The Labute approximate surface area is 126 Å². The van der Waals surface area contributed by atoms with E-state index < -0.39 is 20.8 Å². The first kappa shape index (κ1) is 16.1. The second kappa shape index (κ2) is 6.63. The number of benzene rings is 2. The van der Waals surface area contributed by atoms with Crippen LogP contribution in [0, 0.1) is 15.9 Å². The van der Waals surface area contributed by atoms with Crippen LogP contribution in [-0.4, -0.2) is 13.3 Å². The molecule has 0 radical (unpaired) electrons. The average Bonchev–Trinajstić information content (AvgIpc) is 2.46. The summed E-state index contributed by atoms with van der Waals surface area (Å²) in [7, 11) is -3.67. The van der Waals surface area contributed by atoms with Crippen LogP contribution in [0.4, 0.5) is 10.1 Å². The topological polar surface area (TPSA) is 89.3 Å². The van der Waals surface area contributed by atoms with E-state index in [4.69, 9.17) is 0 Å². The van der Waals surface area contributed by atoms with Crippen LogP contribution < -0.4 is 4.72 Å². The SMILES string of the molecule is O=[N+]([O-])c1ccc(CS(=O)(=O)NCc2ccccc2F)cc1. The third kappa shape index (κ3) is 4.34. The van der Waals surface area contributed by atoms with Gasteiger partial charge in [0.25, 0.3) is 5.69 Å². The minimum atomic E-state index is -3.67. The van der Waals surface area contributed by atoms with E-state index in [-0.39, 0.29) is 23.5 Å². The third-order valence-electron chi connectivity index (χ3n) is 2.94. The van der Waals surface area contributed by atoms with Gasteiger partial charge in [0.1, 0.15) is 5.82 Å². The summed E-state index contributed by atoms with van der Waals surface area (Å²) in [4.78, 5) is 9.97. The highest BCUT2D eigenvalue weighted by Crippen LogP contribution is 2.14. The molecule has 22 heavy (non-hydrogen) atoms. The normalized spacial score (nSPS) is 11.3. The van der Waals surface area contributed by atoms with Gasteiger partial charge in [-0.1, -0.05) is 30.3 Å². The summed E-state index contributed by atoms with van der Waals surface area (Å²) in [6.07, 6.45) is 0. The first-order valence-electron chi connectivity index (χ1n) is 6.31. The maximum Gasteiger partial charge on any atom is 0.269 e. The van der Waals surface area contributed by atoms with Crippen molar-refractivity contribution in [3.05, 3.63) is 75.6 Å². The highest BCUT2D eigenvalue weighted by atomic mass is 32.2. The molecule has 0 amide bonds. The number of halogens is 1. The number of nitrogens with zero attached hydrogens (tertiary/aromatic N) is 1. The average molecular weight is 324 g/mol. The molecular formula is C14H13FN2O4S. The molecule has 0 bridgehead atoms. The van der Waals surface area contributed by atoms with Crippen molar-refractivity contribution in [3.63, 3.8) is 0 Å². The second-order valence-corrected chi connectivity index (χ2v) is 6.40. The van der Waals surface area contributed by atoms with Crippen molar-refractivity contribution in [2.75, 3.05) is 0 Å². The zero-order chi connectivity index (χ0) is 16.2. The largest absolute Gasteiger partial charge is 0.269 e. The van der Waals surface area contributed by atoms with Crippen molar-refractivity contribution < 1.29 is 17.7 Å². The smallest absolute Gasteiger partial charge is 0.258 e. The molecule has 1 N–H and O–H groups in total. The Morgan fingerprint density at radius 3 is 2.32 bits per heavy atom. The van der Waals surface area contributed by atoms with Crippen molar-refractivity contribution in [1.29, 1.82) is 0 Å². The minimum Gasteiger partial charge on any atom is -0.258 e. The summed E-state index contributed by atoms with van der Waals surface area (Å²) >= 11 is 0. The van der Waals surface area contributed by atoms with Gasteiger partial charge in [-0.3, -0.25) is 10.1 Å². The van der Waals surface area contributed by atoms with Crippen molar-refractivity contribution in [2.24, 2.45) is 0 Å². The van der Waals surface area contributed by atoms with Crippen LogP contribution in [0.25, 0.3) is 0 Å². The van der Waals surface area contributed by atoms with Gasteiger partial charge in [0.05, 0.1) is 10.7 Å². The molecule has 0 saturated heterocycles. The summed E-state index contributed by atoms with van der Waals surface area (Å²) in [5, 5.41) is 10.5. The Bertz CT molecular complexity index is 776. The summed E-state index contributed by atoms with van der Waals surface area (Å²) in [6.45, 7) is -0.151. The van der Waals surface area contributed by atoms with Gasteiger partial charge in [0.15, 0.2) is 0 Å². The van der Waals surface area contributed by atoms with Gasteiger partial charge < -0.3 is 0 Å². The van der Waals surface area contributed by atoms with Crippen molar-refractivity contribution >= 4 is 15.7 Å². The number of non-ortho nitro benzene ring substituents is 1. The number of rotatable bonds is 6. The van der Waals surface area contributed by atoms with E-state index in [0.717, 1.165) is 0 Å². The van der Waals surface area contributed by atoms with Gasteiger partial charge in [-0.2, -0.15) is 0 Å². The summed E-state index contributed by atoms with van der Waals surface area (Å²) in [5.41, 5.74) is 0.543. The zero-order valence-corrected chi connectivity index (χ0v) is 12.2. The maximum atomic E-state index is 13.4. The molecule has 2 aromatic carbocycles. The predicted molar refractivity (Wildman–Crippen MR) is 79.0 cm³/mol. The van der Waals surface area contributed by atoms with E-state index in [1.807, 2.05) is 0 Å². The van der Waals surface area contributed by atoms with Crippen LogP contribution in [0.2, 0.25) is 0 Å². The molecule has 0 aliphatic rings. The lowest BCUT2D eigenvalue weighted by atomic mass is 10.2. The van der Waals surface area contributed by atoms with E-state index in [0.29, 0.717) is 5.56 Å². The highest BCUT2D eigenvalue weighted by molar-refractivity contribution is 7.88. The molecule has 0 spiro atoms. The standard InChI is InChI=1S/C14H13FN2O4S/c15-14-4-2-1-3-12(14)9-16-22(20,21)10-11-5-7-13(8-6-11)17(18)19/h1-8,16H,9-10H2. The molecule has 6 nitrogen and oxygen atoms in total. The van der Waals surface area contributed by atoms with Crippen LogP contribution in [0.1, 0.15) is 11.1 Å². The fourth-order valence-electron chi connectivity index (χ4n) is 1.81. The van der Waals surface area contributed by atoms with E-state index in [9.17, 15) is 22.9 Å². The number of hydrogen-bond donors (Lipinski definition) is 1. The summed E-state index contributed by atoms with van der Waals surface area (Å²) < 4.78 is 39.6. The quantitative estimate of drug-likeness (QED) is 0.652. The fraction of sp³-hybridized carbons (Fsp3) is 0.143. The van der Waals surface area contributed by atoms with E-state index in [2.05, 4.69) is 4.72 Å². The maximum absolute atomic E-state index is 13.4. The highest BCUT2D eigenvalue weighted by Gasteiger charge is 2.13. The minimum absolute atomic E-state index is 0.111. The Hall–Kier alpha value is -2.32. The van der Waals surface area contributed by atoms with Crippen LogP contribution in [0.3, 0.4) is 0 Å². The van der Waals surface area contributed by atoms with Crippen molar-refractivity contribution in [2.45, 2.75) is 12.3 Å². The Morgan fingerprint density at radius 1 is 1.09 bits per heavy atom. The molecule has 116 valence electrons. The van der Waals surface area contributed by atoms with Gasteiger partial charge in [0, 0.05) is 24.2 Å². The predicted octanol–water partition coefficient (Wildman–Crippen LogP) is 2.35. The van der Waals surface area contributed by atoms with Gasteiger partial charge in [-0.25, -0.2) is 17.5 Å². The summed E-state index contributed by atoms with van der Waals surface area (Å²) in [5.74, 6) is -0.819. The lowest BCUT2D eigenvalue weighted by Crippen LogP contribution is -2.25. The van der Waals surface area contributed by atoms with E-state index in [1.165, 1.54) is 42.5 Å². The first-order valence-corrected chi connectivity index (χ1v) is 7.97. The van der Waals surface area contributed by atoms with Crippen molar-refractivity contribution in [3.8, 4) is 0 Å². The lowest BCUT2D eigenvalue weighted by Gasteiger charge is -2.07. The molecule has 0 aliphatic heterocycles. The molecule has 0 atom stereocenters. The number of hydrogen-bond acceptors (Lipinski definition) is 4. The van der Waals surface area contributed by atoms with Crippen LogP contribution in [0.15, 0.2) is 48.5 Å². The van der Waals surface area contributed by atoms with Gasteiger partial charge in [0.2, 0.25) is 10.0 Å². The Balaban J connectivity index is 2.02. The molecular weight excluding hydrogens is 311 g/mol. The second-order valence-electron chi connectivity index (χ2n) is 4.60. The molecule has 0 unspecified atom stereocenters. The molecule has 0 aliphatic carbocycles. The lowest BCUT2D eigenvalue weighted by molar-refractivity contribution is -0.384. The van der Waals surface area contributed by atoms with Crippen LogP contribution in [0.5, 0.6) is 0 Å². The van der Waals surface area contributed by atoms with Gasteiger partial charge in [-0.05, 0) is 11.6 Å². The van der Waals surface area contributed by atoms with Crippen molar-refractivity contribution in [1.82, 2.24) is 4.72 Å². The van der Waals surface area contributed by atoms with Gasteiger partial charge >= 0.3 is 0 Å². The van der Waals surface area contributed by atoms with Crippen LogP contribution >= 0.6 is 0 Å². The molecule has 2 aromatic rings. The summed E-state index contributed by atoms with van der Waals surface area (Å²) in [6, 6.07) is 11.1. The molecule has 0 aromatic heterocycles. The fourth-order valence-corrected chi connectivity index (χ4v) is 2.92. The Kier molecular flexibility index (Phi) is 4.84. The number of nitro groups is 1.